The first-order chi connectivity index (χ1) is 15.7. The monoisotopic (exact) mass is 486 g/mol. The molecule has 174 valence electrons. The molecule has 3 rings (SSSR count). The Bertz CT molecular complexity index is 1080. The van der Waals surface area contributed by atoms with Crippen LogP contribution in [0.25, 0.3) is 0 Å². The van der Waals surface area contributed by atoms with Crippen LogP contribution in [0.4, 0.5) is 4.39 Å². The van der Waals surface area contributed by atoms with Gasteiger partial charge in [0.2, 0.25) is 5.91 Å². The average molecular weight is 487 g/mol. The minimum atomic E-state index is -0.317. The van der Waals surface area contributed by atoms with Gasteiger partial charge >= 0.3 is 0 Å². The van der Waals surface area contributed by atoms with Crippen LogP contribution in [0.15, 0.2) is 60.7 Å². The SMILES string of the molecule is Cc1ccc(CN(Cc2ccc(F)cc2)C(=O)CN(CC(C)C)C(=O)c2ccc(Cl)cc2)s1. The van der Waals surface area contributed by atoms with Gasteiger partial charge in [-0.05, 0) is 66.9 Å². The predicted octanol–water partition coefficient (Wildman–Crippen LogP) is 6.18. The lowest BCUT2D eigenvalue weighted by atomic mass is 10.1. The fraction of sp³-hybridized carbons (Fsp3) is 0.308. The van der Waals surface area contributed by atoms with Gasteiger partial charge < -0.3 is 9.80 Å². The lowest BCUT2D eigenvalue weighted by Gasteiger charge is -2.29. The number of benzene rings is 2. The molecule has 33 heavy (non-hydrogen) atoms. The van der Waals surface area contributed by atoms with Crippen molar-refractivity contribution < 1.29 is 14.0 Å². The zero-order valence-electron chi connectivity index (χ0n) is 19.1. The van der Waals surface area contributed by atoms with Gasteiger partial charge in [-0.25, -0.2) is 4.39 Å². The van der Waals surface area contributed by atoms with Crippen molar-refractivity contribution in [3.8, 4) is 0 Å². The molecule has 4 nitrogen and oxygen atoms in total. The van der Waals surface area contributed by atoms with E-state index < -0.39 is 0 Å². The smallest absolute Gasteiger partial charge is 0.254 e. The topological polar surface area (TPSA) is 40.6 Å². The molecule has 0 aliphatic carbocycles. The zero-order valence-corrected chi connectivity index (χ0v) is 20.6. The summed E-state index contributed by atoms with van der Waals surface area (Å²) in [6.07, 6.45) is 0. The summed E-state index contributed by atoms with van der Waals surface area (Å²) in [6.45, 7) is 7.23. The first-order valence-corrected chi connectivity index (χ1v) is 12.0. The maximum absolute atomic E-state index is 13.4. The van der Waals surface area contributed by atoms with E-state index in [2.05, 4.69) is 0 Å². The third kappa shape index (κ3) is 7.41. The first kappa shape index (κ1) is 24.9. The fourth-order valence-corrected chi connectivity index (χ4v) is 4.53. The Morgan fingerprint density at radius 1 is 0.939 bits per heavy atom. The zero-order chi connectivity index (χ0) is 24.0. The van der Waals surface area contributed by atoms with E-state index in [0.717, 1.165) is 10.4 Å². The Hall–Kier alpha value is -2.70. The molecule has 2 amide bonds. The van der Waals surface area contributed by atoms with Crippen molar-refractivity contribution in [2.75, 3.05) is 13.1 Å². The number of amides is 2. The van der Waals surface area contributed by atoms with E-state index in [9.17, 15) is 14.0 Å². The molecule has 0 aliphatic rings. The Balaban J connectivity index is 1.82. The summed E-state index contributed by atoms with van der Waals surface area (Å²) in [5.41, 5.74) is 1.32. The maximum atomic E-state index is 13.4. The molecule has 1 aromatic heterocycles. The van der Waals surface area contributed by atoms with Gasteiger partial charge in [0.05, 0.1) is 6.54 Å². The van der Waals surface area contributed by atoms with Crippen LogP contribution in [0.1, 0.15) is 39.5 Å². The van der Waals surface area contributed by atoms with E-state index in [0.29, 0.717) is 30.2 Å². The number of hydrogen-bond donors (Lipinski definition) is 0. The molecule has 0 fully saturated rings. The van der Waals surface area contributed by atoms with E-state index in [1.165, 1.54) is 17.0 Å². The number of hydrogen-bond acceptors (Lipinski definition) is 3. The summed E-state index contributed by atoms with van der Waals surface area (Å²) in [7, 11) is 0. The van der Waals surface area contributed by atoms with Gasteiger partial charge in [-0.3, -0.25) is 9.59 Å². The highest BCUT2D eigenvalue weighted by atomic mass is 35.5. The van der Waals surface area contributed by atoms with Crippen molar-refractivity contribution in [2.24, 2.45) is 5.92 Å². The van der Waals surface area contributed by atoms with Crippen molar-refractivity contribution >= 4 is 34.8 Å². The van der Waals surface area contributed by atoms with Gasteiger partial charge in [0, 0.05) is 33.4 Å². The molecule has 0 saturated heterocycles. The van der Waals surface area contributed by atoms with Crippen LogP contribution >= 0.6 is 22.9 Å². The summed E-state index contributed by atoms with van der Waals surface area (Å²) in [5.74, 6) is -0.488. The van der Waals surface area contributed by atoms with Crippen molar-refractivity contribution in [1.29, 1.82) is 0 Å². The lowest BCUT2D eigenvalue weighted by molar-refractivity contribution is -0.133. The van der Waals surface area contributed by atoms with Crippen molar-refractivity contribution in [1.82, 2.24) is 9.80 Å². The Morgan fingerprint density at radius 2 is 1.61 bits per heavy atom. The van der Waals surface area contributed by atoms with E-state index >= 15 is 0 Å². The lowest BCUT2D eigenvalue weighted by Crippen LogP contribution is -2.43. The molecule has 0 N–H and O–H groups in total. The molecule has 0 saturated carbocycles. The summed E-state index contributed by atoms with van der Waals surface area (Å²) >= 11 is 7.60. The molecule has 0 spiro atoms. The second-order valence-electron chi connectivity index (χ2n) is 8.48. The molecule has 2 aromatic carbocycles. The molecule has 0 radical (unpaired) electrons. The maximum Gasteiger partial charge on any atom is 0.254 e. The highest BCUT2D eigenvalue weighted by Crippen LogP contribution is 2.20. The molecule has 0 bridgehead atoms. The van der Waals surface area contributed by atoms with Gasteiger partial charge in [0.25, 0.3) is 5.91 Å². The average Bonchev–Trinajstić information content (AvgIpc) is 3.18. The number of nitrogens with zero attached hydrogens (tertiary/aromatic N) is 2. The largest absolute Gasteiger partial charge is 0.332 e. The Kier molecular flexibility index (Phi) is 8.64. The van der Waals surface area contributed by atoms with Crippen LogP contribution in [-0.2, 0) is 17.9 Å². The number of halogens is 2. The molecule has 0 aliphatic heterocycles. The number of carbonyl (C=O) groups is 2. The minimum absolute atomic E-state index is 0.0365. The fourth-order valence-electron chi connectivity index (χ4n) is 3.50. The normalized spacial score (nSPS) is 11.0. The van der Waals surface area contributed by atoms with Crippen molar-refractivity contribution in [3.05, 3.63) is 92.4 Å². The van der Waals surface area contributed by atoms with E-state index in [-0.39, 0.29) is 30.1 Å². The number of carbonyl (C=O) groups excluding carboxylic acids is 2. The van der Waals surface area contributed by atoms with Crippen LogP contribution in [0.3, 0.4) is 0 Å². The number of rotatable bonds is 9. The predicted molar refractivity (Wildman–Crippen MR) is 132 cm³/mol. The van der Waals surface area contributed by atoms with Gasteiger partial charge in [0.1, 0.15) is 12.4 Å². The number of aryl methyl sites for hydroxylation is 1. The van der Waals surface area contributed by atoms with Crippen molar-refractivity contribution in [2.45, 2.75) is 33.9 Å². The van der Waals surface area contributed by atoms with Gasteiger partial charge in [-0.2, -0.15) is 0 Å². The molecule has 3 aromatic rings. The third-order valence-corrected chi connectivity index (χ3v) is 6.31. The van der Waals surface area contributed by atoms with Crippen LogP contribution in [0.2, 0.25) is 5.02 Å². The molecule has 0 unspecified atom stereocenters. The summed E-state index contributed by atoms with van der Waals surface area (Å²) in [5, 5.41) is 0.551. The Labute approximate surface area is 203 Å². The summed E-state index contributed by atoms with van der Waals surface area (Å²) in [4.78, 5) is 32.2. The standard InChI is InChI=1S/C26H28ClFN2O2S/c1-18(2)14-30(26(32)21-7-9-22(27)10-8-21)17-25(31)29(16-24-13-4-19(3)33-24)15-20-5-11-23(28)12-6-20/h4-13,18H,14-17H2,1-3H3. The molecule has 7 heteroatoms. The van der Waals surface area contributed by atoms with E-state index in [4.69, 9.17) is 11.6 Å². The van der Waals surface area contributed by atoms with Crippen LogP contribution in [0.5, 0.6) is 0 Å². The van der Waals surface area contributed by atoms with Gasteiger partial charge in [-0.1, -0.05) is 37.6 Å². The van der Waals surface area contributed by atoms with Crippen LogP contribution in [0, 0.1) is 18.7 Å². The van der Waals surface area contributed by atoms with E-state index in [1.54, 1.807) is 57.5 Å². The van der Waals surface area contributed by atoms with Crippen LogP contribution < -0.4 is 0 Å². The minimum Gasteiger partial charge on any atom is -0.332 e. The molecular formula is C26H28ClFN2O2S. The highest BCUT2D eigenvalue weighted by Gasteiger charge is 2.24. The second kappa shape index (κ2) is 11.4. The van der Waals surface area contributed by atoms with Crippen molar-refractivity contribution in [3.63, 3.8) is 0 Å². The number of thiophene rings is 1. The second-order valence-corrected chi connectivity index (χ2v) is 10.3. The molecule has 0 atom stereocenters. The van der Waals surface area contributed by atoms with E-state index in [1.807, 2.05) is 32.9 Å². The first-order valence-electron chi connectivity index (χ1n) is 10.8. The highest BCUT2D eigenvalue weighted by molar-refractivity contribution is 7.11. The van der Waals surface area contributed by atoms with Crippen LogP contribution in [-0.4, -0.2) is 34.7 Å². The summed E-state index contributed by atoms with van der Waals surface area (Å²) < 4.78 is 13.4. The molecular weight excluding hydrogens is 459 g/mol. The Morgan fingerprint density at radius 3 is 2.18 bits per heavy atom. The summed E-state index contributed by atoms with van der Waals surface area (Å²) in [6, 6.07) is 16.9. The van der Waals surface area contributed by atoms with Gasteiger partial charge in [-0.15, -0.1) is 11.3 Å². The molecule has 1 heterocycles. The quantitative estimate of drug-likeness (QED) is 0.362. The third-order valence-electron chi connectivity index (χ3n) is 5.07. The van der Waals surface area contributed by atoms with Gasteiger partial charge in [0.15, 0.2) is 0 Å².